The highest BCUT2D eigenvalue weighted by molar-refractivity contribution is 4.50. The Hall–Kier alpha value is -0.120. The van der Waals surface area contributed by atoms with Gasteiger partial charge in [-0.2, -0.15) is 5.12 Å². The number of hydrogen-bond acceptors (Lipinski definition) is 3. The van der Waals surface area contributed by atoms with E-state index in [2.05, 4.69) is 43.4 Å². The number of nitrogens with zero attached hydrogens (tertiary/aromatic N) is 2. The Morgan fingerprint density at radius 3 is 2.00 bits per heavy atom. The molecule has 0 aromatic carbocycles. The first-order chi connectivity index (χ1) is 4.63. The van der Waals surface area contributed by atoms with Crippen LogP contribution in [0.3, 0.4) is 0 Å². The van der Waals surface area contributed by atoms with Crippen molar-refractivity contribution in [3.05, 3.63) is 0 Å². The van der Waals surface area contributed by atoms with Crippen molar-refractivity contribution in [2.24, 2.45) is 0 Å². The molecule has 0 aliphatic rings. The van der Waals surface area contributed by atoms with Gasteiger partial charge < -0.3 is 0 Å². The lowest BCUT2D eigenvalue weighted by molar-refractivity contribution is -0.0646. The van der Waals surface area contributed by atoms with Crippen molar-refractivity contribution >= 4 is 0 Å². The molecule has 0 bridgehead atoms. The predicted octanol–water partition coefficient (Wildman–Crippen LogP) is 0.698. The van der Waals surface area contributed by atoms with Crippen LogP contribution in [0.15, 0.2) is 0 Å². The Bertz CT molecular complexity index is 82.9. The fourth-order valence-electron chi connectivity index (χ4n) is 0.976. The lowest BCUT2D eigenvalue weighted by Crippen LogP contribution is -2.51. The molecule has 0 amide bonds. The van der Waals surface area contributed by atoms with Crippen LogP contribution < -0.4 is 5.43 Å². The van der Waals surface area contributed by atoms with Crippen molar-refractivity contribution < 1.29 is 0 Å². The van der Waals surface area contributed by atoms with E-state index in [9.17, 15) is 0 Å². The zero-order chi connectivity index (χ0) is 8.15. The minimum Gasteiger partial charge on any atom is -0.244 e. The van der Waals surface area contributed by atoms with Gasteiger partial charge in [0.15, 0.2) is 0 Å². The summed E-state index contributed by atoms with van der Waals surface area (Å²) >= 11 is 0. The predicted molar refractivity (Wildman–Crippen MR) is 44.3 cm³/mol. The Morgan fingerprint density at radius 2 is 1.90 bits per heavy atom. The molecular weight excluding hydrogens is 126 g/mol. The molecular formula is C7H19N3. The third kappa shape index (κ3) is 2.64. The molecule has 0 unspecified atom stereocenters. The van der Waals surface area contributed by atoms with Crippen LogP contribution in [0.1, 0.15) is 20.8 Å². The van der Waals surface area contributed by atoms with Crippen molar-refractivity contribution in [1.29, 1.82) is 0 Å². The summed E-state index contributed by atoms with van der Waals surface area (Å²) in [5, 5.41) is 4.24. The van der Waals surface area contributed by atoms with Gasteiger partial charge in [0, 0.05) is 26.7 Å². The molecule has 0 saturated carbocycles. The van der Waals surface area contributed by atoms with Crippen LogP contribution in [0, 0.1) is 0 Å². The molecule has 0 atom stereocenters. The van der Waals surface area contributed by atoms with E-state index in [1.165, 1.54) is 0 Å². The maximum absolute atomic E-state index is 3.11. The zero-order valence-electron chi connectivity index (χ0n) is 7.68. The fraction of sp³-hybridized carbons (Fsp3) is 1.00. The summed E-state index contributed by atoms with van der Waals surface area (Å²) in [6, 6.07) is 0.509. The monoisotopic (exact) mass is 145 g/mol. The van der Waals surface area contributed by atoms with Gasteiger partial charge in [-0.1, -0.05) is 6.92 Å². The molecule has 0 aromatic rings. The quantitative estimate of drug-likeness (QED) is 0.587. The van der Waals surface area contributed by atoms with Gasteiger partial charge in [-0.3, -0.25) is 0 Å². The van der Waals surface area contributed by atoms with Crippen molar-refractivity contribution in [2.45, 2.75) is 26.8 Å². The van der Waals surface area contributed by atoms with Gasteiger partial charge >= 0.3 is 0 Å². The minimum atomic E-state index is 0.509. The summed E-state index contributed by atoms with van der Waals surface area (Å²) < 4.78 is 0. The van der Waals surface area contributed by atoms with Gasteiger partial charge in [0.25, 0.3) is 0 Å². The molecule has 0 saturated heterocycles. The molecule has 1 N–H and O–H groups in total. The Labute approximate surface area is 63.9 Å². The van der Waals surface area contributed by atoms with Gasteiger partial charge in [-0.15, -0.1) is 0 Å². The van der Waals surface area contributed by atoms with E-state index in [0.29, 0.717) is 6.04 Å². The first-order valence-corrected chi connectivity index (χ1v) is 3.81. The second-order valence-electron chi connectivity index (χ2n) is 2.64. The van der Waals surface area contributed by atoms with E-state index in [-0.39, 0.29) is 0 Å². The summed E-state index contributed by atoms with van der Waals surface area (Å²) in [6.07, 6.45) is 0. The number of hydrogen-bond donors (Lipinski definition) is 1. The van der Waals surface area contributed by atoms with E-state index in [1.807, 2.05) is 7.05 Å². The van der Waals surface area contributed by atoms with E-state index in [1.54, 1.807) is 0 Å². The highest BCUT2D eigenvalue weighted by atomic mass is 15.8. The Morgan fingerprint density at radius 1 is 1.40 bits per heavy atom. The average molecular weight is 145 g/mol. The van der Waals surface area contributed by atoms with E-state index < -0.39 is 0 Å². The third-order valence-electron chi connectivity index (χ3n) is 1.54. The minimum absolute atomic E-state index is 0.509. The van der Waals surface area contributed by atoms with E-state index >= 15 is 0 Å². The molecule has 0 aliphatic heterocycles. The van der Waals surface area contributed by atoms with E-state index in [4.69, 9.17) is 0 Å². The van der Waals surface area contributed by atoms with Crippen LogP contribution >= 0.6 is 0 Å². The fourth-order valence-corrected chi connectivity index (χ4v) is 0.976. The van der Waals surface area contributed by atoms with Crippen molar-refractivity contribution in [3.8, 4) is 0 Å². The molecule has 0 fully saturated rings. The van der Waals surface area contributed by atoms with Crippen LogP contribution in [0.25, 0.3) is 0 Å². The van der Waals surface area contributed by atoms with Crippen LogP contribution in [0.4, 0.5) is 0 Å². The Kier molecular flexibility index (Phi) is 4.60. The maximum atomic E-state index is 3.11. The van der Waals surface area contributed by atoms with Crippen LogP contribution in [0.5, 0.6) is 0 Å². The molecule has 0 aliphatic carbocycles. The van der Waals surface area contributed by atoms with Crippen LogP contribution in [-0.2, 0) is 0 Å². The average Bonchev–Trinajstić information content (AvgIpc) is 1.88. The standard InChI is InChI=1S/C7H19N3/c1-6-9(5)10(8-4)7(2)3/h7-8H,6H2,1-5H3. The number of nitrogens with one attached hydrogen (secondary N) is 1. The second kappa shape index (κ2) is 4.66. The molecule has 0 heterocycles. The Balaban J connectivity index is 3.80. The summed E-state index contributed by atoms with van der Waals surface area (Å²) in [5.41, 5.74) is 3.11. The molecule has 0 aromatic heterocycles. The number of hydrazine groups is 2. The highest BCUT2D eigenvalue weighted by Gasteiger charge is 2.09. The first kappa shape index (κ1) is 9.88. The smallest absolute Gasteiger partial charge is 0.0345 e. The van der Waals surface area contributed by atoms with Gasteiger partial charge in [-0.25, -0.2) is 10.4 Å². The zero-order valence-corrected chi connectivity index (χ0v) is 7.68. The van der Waals surface area contributed by atoms with Gasteiger partial charge in [-0.05, 0) is 13.8 Å². The third-order valence-corrected chi connectivity index (χ3v) is 1.54. The summed E-state index contributed by atoms with van der Waals surface area (Å²) in [7, 11) is 4.00. The molecule has 0 radical (unpaired) electrons. The summed E-state index contributed by atoms with van der Waals surface area (Å²) in [4.78, 5) is 0. The van der Waals surface area contributed by atoms with Crippen molar-refractivity contribution in [1.82, 2.24) is 15.6 Å². The van der Waals surface area contributed by atoms with Gasteiger partial charge in [0.05, 0.1) is 0 Å². The molecule has 0 spiro atoms. The number of rotatable bonds is 4. The lowest BCUT2D eigenvalue weighted by atomic mass is 10.4. The molecule has 3 nitrogen and oxygen atoms in total. The lowest BCUT2D eigenvalue weighted by Gasteiger charge is -2.33. The molecule has 0 rings (SSSR count). The van der Waals surface area contributed by atoms with Gasteiger partial charge in [0.1, 0.15) is 0 Å². The van der Waals surface area contributed by atoms with Crippen LogP contribution in [-0.4, -0.2) is 36.8 Å². The molecule has 62 valence electrons. The van der Waals surface area contributed by atoms with E-state index in [0.717, 1.165) is 6.54 Å². The van der Waals surface area contributed by atoms with Gasteiger partial charge in [0.2, 0.25) is 0 Å². The van der Waals surface area contributed by atoms with Crippen molar-refractivity contribution in [3.63, 3.8) is 0 Å². The second-order valence-corrected chi connectivity index (χ2v) is 2.64. The highest BCUT2D eigenvalue weighted by Crippen LogP contribution is 1.95. The maximum Gasteiger partial charge on any atom is 0.0345 e. The van der Waals surface area contributed by atoms with Crippen LogP contribution in [0.2, 0.25) is 0 Å². The molecule has 3 heteroatoms. The topological polar surface area (TPSA) is 18.5 Å². The normalized spacial score (nSPS) is 12.0. The largest absolute Gasteiger partial charge is 0.244 e. The molecule has 10 heavy (non-hydrogen) atoms. The van der Waals surface area contributed by atoms with Crippen molar-refractivity contribution in [2.75, 3.05) is 20.6 Å². The summed E-state index contributed by atoms with van der Waals surface area (Å²) in [5.74, 6) is 0. The first-order valence-electron chi connectivity index (χ1n) is 3.81. The summed E-state index contributed by atoms with van der Waals surface area (Å²) in [6.45, 7) is 7.47. The SMILES string of the molecule is CCN(C)N(NC)C(C)C.